The third-order valence-electron chi connectivity index (χ3n) is 2.79. The van der Waals surface area contributed by atoms with Crippen LogP contribution in [0.3, 0.4) is 0 Å². The molecule has 2 atom stereocenters. The minimum Gasteiger partial charge on any atom is -0.211 e. The van der Waals surface area contributed by atoms with Gasteiger partial charge in [-0.2, -0.15) is 0 Å². The van der Waals surface area contributed by atoms with Crippen LogP contribution in [0, 0.1) is 0 Å². The van der Waals surface area contributed by atoms with Gasteiger partial charge in [-0.05, 0) is 23.9 Å². The largest absolute Gasteiger partial charge is 0.235 e. The molecule has 3 rings (SSSR count). The number of carbonyl (C=O) groups excluding carboxylic acids is 1. The Morgan fingerprint density at radius 2 is 2.27 bits per heavy atom. The molecule has 1 aromatic carbocycles. The molecule has 1 saturated carbocycles. The zero-order valence-electron chi connectivity index (χ0n) is 8.01. The maximum Gasteiger partial charge on any atom is 0.235 e. The summed E-state index contributed by atoms with van der Waals surface area (Å²) in [6.07, 6.45) is 2.64. The van der Waals surface area contributed by atoms with Gasteiger partial charge >= 0.3 is 0 Å². The lowest BCUT2D eigenvalue weighted by Gasteiger charge is -1.86. The Hall–Kier alpha value is -1.44. The maximum absolute atomic E-state index is 10.1. The molecule has 0 saturated heterocycles. The van der Waals surface area contributed by atoms with Crippen LogP contribution >= 0.6 is 11.3 Å². The van der Waals surface area contributed by atoms with Crippen molar-refractivity contribution in [1.82, 2.24) is 0 Å². The number of fused-ring (bicyclic) bond motifs is 1. The Morgan fingerprint density at radius 3 is 3.07 bits per heavy atom. The number of isocyanates is 1. The lowest BCUT2D eigenvalue weighted by atomic mass is 10.2. The second kappa shape index (κ2) is 3.30. The first-order valence-corrected chi connectivity index (χ1v) is 5.75. The minimum atomic E-state index is 0.190. The molecular formula is C12H9NOS. The number of nitrogens with zero attached hydrogens (tertiary/aromatic N) is 1. The summed E-state index contributed by atoms with van der Waals surface area (Å²) in [4.78, 5) is 15.2. The Bertz CT molecular complexity index is 521. The van der Waals surface area contributed by atoms with Gasteiger partial charge in [0.2, 0.25) is 6.08 Å². The SMILES string of the molecule is O=C=N[C@H]1C[C@@H]1c1cc2ccccc2s1. The molecule has 0 bridgehead atoms. The summed E-state index contributed by atoms with van der Waals surface area (Å²) in [7, 11) is 0. The Labute approximate surface area is 91.3 Å². The van der Waals surface area contributed by atoms with Crippen molar-refractivity contribution in [3.05, 3.63) is 35.2 Å². The highest BCUT2D eigenvalue weighted by Gasteiger charge is 2.39. The molecule has 1 heterocycles. The molecule has 1 aromatic heterocycles. The number of hydrogen-bond acceptors (Lipinski definition) is 3. The van der Waals surface area contributed by atoms with E-state index in [1.165, 1.54) is 15.0 Å². The summed E-state index contributed by atoms with van der Waals surface area (Å²) in [6, 6.07) is 10.8. The fourth-order valence-corrected chi connectivity index (χ4v) is 3.12. The van der Waals surface area contributed by atoms with Crippen molar-refractivity contribution in [2.24, 2.45) is 4.99 Å². The van der Waals surface area contributed by atoms with Crippen LogP contribution in [-0.4, -0.2) is 12.1 Å². The molecule has 0 spiro atoms. The van der Waals surface area contributed by atoms with Crippen LogP contribution in [0.15, 0.2) is 35.3 Å². The predicted octanol–water partition coefficient (Wildman–Crippen LogP) is 3.09. The highest BCUT2D eigenvalue weighted by molar-refractivity contribution is 7.19. The van der Waals surface area contributed by atoms with Crippen LogP contribution < -0.4 is 0 Å². The molecule has 74 valence electrons. The van der Waals surface area contributed by atoms with E-state index in [4.69, 9.17) is 0 Å². The van der Waals surface area contributed by atoms with Gasteiger partial charge < -0.3 is 0 Å². The van der Waals surface area contributed by atoms with E-state index in [-0.39, 0.29) is 6.04 Å². The van der Waals surface area contributed by atoms with Gasteiger partial charge in [-0.15, -0.1) is 11.3 Å². The Kier molecular flexibility index (Phi) is 1.94. The summed E-state index contributed by atoms with van der Waals surface area (Å²) < 4.78 is 1.31. The zero-order chi connectivity index (χ0) is 10.3. The van der Waals surface area contributed by atoms with Crippen molar-refractivity contribution in [2.75, 3.05) is 0 Å². The molecule has 0 amide bonds. The molecule has 15 heavy (non-hydrogen) atoms. The van der Waals surface area contributed by atoms with E-state index in [0.717, 1.165) is 6.42 Å². The summed E-state index contributed by atoms with van der Waals surface area (Å²) in [6.45, 7) is 0. The molecule has 2 aromatic rings. The third kappa shape index (κ3) is 1.50. The van der Waals surface area contributed by atoms with Crippen LogP contribution in [0.5, 0.6) is 0 Å². The van der Waals surface area contributed by atoms with E-state index >= 15 is 0 Å². The first-order chi connectivity index (χ1) is 7.38. The molecule has 3 heteroatoms. The van der Waals surface area contributed by atoms with Gasteiger partial charge in [0.25, 0.3) is 0 Å². The van der Waals surface area contributed by atoms with Crippen LogP contribution in [-0.2, 0) is 4.79 Å². The van der Waals surface area contributed by atoms with Crippen LogP contribution in [0.25, 0.3) is 10.1 Å². The van der Waals surface area contributed by atoms with E-state index in [1.54, 1.807) is 6.08 Å². The number of thiophene rings is 1. The molecule has 1 aliphatic rings. The van der Waals surface area contributed by atoms with Crippen molar-refractivity contribution in [2.45, 2.75) is 18.4 Å². The molecule has 0 unspecified atom stereocenters. The lowest BCUT2D eigenvalue weighted by molar-refractivity contribution is 0.562. The molecule has 1 aliphatic carbocycles. The zero-order valence-corrected chi connectivity index (χ0v) is 8.83. The Morgan fingerprint density at radius 1 is 1.40 bits per heavy atom. The topological polar surface area (TPSA) is 29.4 Å². The fraction of sp³-hybridized carbons (Fsp3) is 0.250. The quantitative estimate of drug-likeness (QED) is 0.559. The number of aliphatic imine (C=N–C) groups is 1. The average Bonchev–Trinajstić information content (AvgIpc) is 2.89. The third-order valence-corrected chi connectivity index (χ3v) is 4.03. The number of benzene rings is 1. The summed E-state index contributed by atoms with van der Waals surface area (Å²) in [5.74, 6) is 0.462. The Balaban J connectivity index is 1.96. The molecule has 0 radical (unpaired) electrons. The van der Waals surface area contributed by atoms with Gasteiger partial charge in [0.15, 0.2) is 0 Å². The molecule has 0 aliphatic heterocycles. The average molecular weight is 215 g/mol. The van der Waals surface area contributed by atoms with Crippen molar-refractivity contribution >= 4 is 27.5 Å². The van der Waals surface area contributed by atoms with Gasteiger partial charge in [0.05, 0.1) is 6.04 Å². The number of rotatable bonds is 2. The van der Waals surface area contributed by atoms with E-state index in [1.807, 2.05) is 17.4 Å². The number of hydrogen-bond donors (Lipinski definition) is 0. The van der Waals surface area contributed by atoms with Gasteiger partial charge in [0, 0.05) is 15.5 Å². The molecular weight excluding hydrogens is 206 g/mol. The minimum absolute atomic E-state index is 0.190. The summed E-state index contributed by atoms with van der Waals surface area (Å²) >= 11 is 1.81. The monoisotopic (exact) mass is 215 g/mol. The van der Waals surface area contributed by atoms with Gasteiger partial charge in [-0.25, -0.2) is 9.79 Å². The van der Waals surface area contributed by atoms with E-state index in [9.17, 15) is 4.79 Å². The lowest BCUT2D eigenvalue weighted by Crippen LogP contribution is -1.78. The van der Waals surface area contributed by atoms with Crippen LogP contribution in [0.4, 0.5) is 0 Å². The smallest absolute Gasteiger partial charge is 0.211 e. The molecule has 2 nitrogen and oxygen atoms in total. The van der Waals surface area contributed by atoms with Crippen LogP contribution in [0.2, 0.25) is 0 Å². The van der Waals surface area contributed by atoms with Gasteiger partial charge in [0.1, 0.15) is 0 Å². The molecule has 1 fully saturated rings. The highest BCUT2D eigenvalue weighted by atomic mass is 32.1. The van der Waals surface area contributed by atoms with Crippen molar-refractivity contribution in [3.8, 4) is 0 Å². The standard InChI is InChI=1S/C12H9NOS/c14-7-13-10-6-9(10)12-5-8-3-1-2-4-11(8)15-12/h1-5,9-10H,6H2/t9-,10-/m0/s1. The van der Waals surface area contributed by atoms with Crippen LogP contribution in [0.1, 0.15) is 17.2 Å². The summed E-state index contributed by atoms with van der Waals surface area (Å²) in [5, 5.41) is 1.29. The van der Waals surface area contributed by atoms with Crippen molar-refractivity contribution < 1.29 is 4.79 Å². The fourth-order valence-electron chi connectivity index (χ4n) is 1.88. The van der Waals surface area contributed by atoms with Crippen molar-refractivity contribution in [1.29, 1.82) is 0 Å². The summed E-state index contributed by atoms with van der Waals surface area (Å²) in [5.41, 5.74) is 0. The van der Waals surface area contributed by atoms with E-state index in [0.29, 0.717) is 5.92 Å². The normalized spacial score (nSPS) is 23.7. The maximum atomic E-state index is 10.1. The molecule has 0 N–H and O–H groups in total. The second-order valence-corrected chi connectivity index (χ2v) is 4.93. The van der Waals surface area contributed by atoms with Gasteiger partial charge in [-0.3, -0.25) is 0 Å². The predicted molar refractivity (Wildman–Crippen MR) is 61.1 cm³/mol. The van der Waals surface area contributed by atoms with Gasteiger partial charge in [-0.1, -0.05) is 18.2 Å². The van der Waals surface area contributed by atoms with E-state index in [2.05, 4.69) is 29.3 Å². The first-order valence-electron chi connectivity index (χ1n) is 4.94. The van der Waals surface area contributed by atoms with Crippen molar-refractivity contribution in [3.63, 3.8) is 0 Å². The second-order valence-electron chi connectivity index (χ2n) is 3.82. The highest BCUT2D eigenvalue weighted by Crippen LogP contribution is 2.47. The van der Waals surface area contributed by atoms with E-state index < -0.39 is 0 Å². The first kappa shape index (κ1) is 8.84.